The Balaban J connectivity index is 1.35. The number of amides is 4. The van der Waals surface area contributed by atoms with E-state index >= 15 is 0 Å². The molecule has 4 amide bonds. The zero-order valence-electron chi connectivity index (χ0n) is 53.8. The molecule has 1 aliphatic heterocycles. The number of rotatable bonds is 52. The Morgan fingerprint density at radius 3 is 1.69 bits per heavy atom. The van der Waals surface area contributed by atoms with Gasteiger partial charge in [0.05, 0.1) is 70.6 Å². The summed E-state index contributed by atoms with van der Waals surface area (Å²) in [6.45, 7) is 4.05. The van der Waals surface area contributed by atoms with Gasteiger partial charge in [-0.05, 0) is 68.1 Å². The predicted octanol–water partition coefficient (Wildman–Crippen LogP) is 1.76. The van der Waals surface area contributed by atoms with Crippen molar-refractivity contribution in [2.75, 3.05) is 73.1 Å². The number of Topliss-reactive ketones (excluding diaryl/α,β-unsaturated/α-hetero) is 5. The highest BCUT2D eigenvalue weighted by molar-refractivity contribution is 5.92. The number of aliphatic hydroxyl groups excluding tert-OH is 7. The number of carbonyl (C=O) groups is 9. The van der Waals surface area contributed by atoms with Crippen LogP contribution in [0.1, 0.15) is 178 Å². The molecule has 91 heavy (non-hydrogen) atoms. The van der Waals surface area contributed by atoms with Gasteiger partial charge in [0.2, 0.25) is 23.6 Å². The van der Waals surface area contributed by atoms with Gasteiger partial charge in [0, 0.05) is 136 Å². The summed E-state index contributed by atoms with van der Waals surface area (Å²) in [4.78, 5) is 115. The summed E-state index contributed by atoms with van der Waals surface area (Å²) in [5.74, 6) is -3.10. The molecule has 518 valence electrons. The molecule has 0 spiro atoms. The Bertz CT molecular complexity index is 2340. The number of ketones is 5. The van der Waals surface area contributed by atoms with Gasteiger partial charge in [0.1, 0.15) is 47.5 Å². The quantitative estimate of drug-likeness (QED) is 0.0414. The van der Waals surface area contributed by atoms with Crippen molar-refractivity contribution < 1.29 is 107 Å². The number of aliphatic hydroxyl groups is 7. The van der Waals surface area contributed by atoms with Crippen LogP contribution in [0.15, 0.2) is 18.2 Å². The molecule has 3 rings (SSSR count). The molecule has 26 heteroatoms. The van der Waals surface area contributed by atoms with Crippen molar-refractivity contribution in [3.05, 3.63) is 34.9 Å². The molecule has 2 fully saturated rings. The topological polar surface area (TPSA) is 399 Å². The molecule has 0 aromatic heterocycles. The van der Waals surface area contributed by atoms with Gasteiger partial charge in [-0.15, -0.1) is 0 Å². The fourth-order valence-corrected chi connectivity index (χ4v) is 10.9. The predicted molar refractivity (Wildman–Crippen MR) is 330 cm³/mol. The van der Waals surface area contributed by atoms with Crippen molar-refractivity contribution in [3.63, 3.8) is 0 Å². The second-order valence-electron chi connectivity index (χ2n) is 23.9. The minimum absolute atomic E-state index is 0.00942. The molecule has 2 unspecified atom stereocenters. The molecule has 1 saturated heterocycles. The SMILES string of the molecule is COCc1cc(CO)cc(CC(=O)CCCCCCCCC(=O)N[C@H](CCC(=O)CCC(=O)NCCCC(=O)CCCOCCOC2C[C@H](CO)[C@H](O)[C@H](O)[C@H]2C)C(=O)CCC(=O)NCCCC(=O)CCCOCCOC2O[C@H](CO)[C@H](O)[C@H](O)[C@H]2NC(C)=O)c1. The highest BCUT2D eigenvalue weighted by Gasteiger charge is 2.45. The van der Waals surface area contributed by atoms with Gasteiger partial charge in [-0.1, -0.05) is 50.8 Å². The number of hydrogen-bond acceptors (Lipinski definition) is 22. The Morgan fingerprint density at radius 1 is 0.549 bits per heavy atom. The van der Waals surface area contributed by atoms with Crippen molar-refractivity contribution in [2.45, 2.75) is 236 Å². The summed E-state index contributed by atoms with van der Waals surface area (Å²) in [6, 6.07) is 3.46. The van der Waals surface area contributed by atoms with E-state index in [2.05, 4.69) is 21.3 Å². The van der Waals surface area contributed by atoms with Gasteiger partial charge in [0.15, 0.2) is 12.1 Å². The molecule has 1 saturated carbocycles. The van der Waals surface area contributed by atoms with Gasteiger partial charge in [0.25, 0.3) is 0 Å². The maximum atomic E-state index is 13.6. The Morgan fingerprint density at radius 2 is 1.10 bits per heavy atom. The average molecular weight is 1300 g/mol. The van der Waals surface area contributed by atoms with Crippen LogP contribution in [0.5, 0.6) is 0 Å². The second-order valence-corrected chi connectivity index (χ2v) is 23.9. The summed E-state index contributed by atoms with van der Waals surface area (Å²) in [6.07, 6.45) is 0.180. The van der Waals surface area contributed by atoms with Crippen molar-refractivity contribution in [1.82, 2.24) is 21.3 Å². The van der Waals surface area contributed by atoms with Crippen molar-refractivity contribution in [2.24, 2.45) is 11.8 Å². The third-order valence-electron chi connectivity index (χ3n) is 16.2. The molecule has 0 bridgehead atoms. The molecule has 26 nitrogen and oxygen atoms in total. The average Bonchev–Trinajstić information content (AvgIpc) is 0.921. The smallest absolute Gasteiger partial charge is 0.220 e. The standard InChI is InChI=1S/C65H106N4O22/c1-43-55(38-48(40-71)62(83)61(43)82)89-32-30-87-28-12-17-49(74)15-10-26-66-57(79)24-21-51(76)20-22-53(69-59(81)19-9-7-5-4-6-8-14-52(77)37-45-34-46(39-70)36-47(35-45)42-86-3)54(78)23-25-58(80)67-27-11-16-50(75)18-13-29-88-31-33-90-65-60(68-44(2)73)64(85)63(84)56(41-72)91-65/h34-36,43,48,53,55-56,60-65,70-72,82-85H,4-33,37-42H2,1-3H3,(H,66,79)(H,67,80)(H,68,73)(H,69,81)/t43-,48+,53+,55?,56+,60+,61+,62-,63-,64+,65?/m0/s1. The van der Waals surface area contributed by atoms with Crippen LogP contribution >= 0.6 is 0 Å². The number of hydrogen-bond donors (Lipinski definition) is 11. The van der Waals surface area contributed by atoms with Gasteiger partial charge in [-0.2, -0.15) is 0 Å². The lowest BCUT2D eigenvalue weighted by atomic mass is 9.77. The second kappa shape index (κ2) is 46.9. The highest BCUT2D eigenvalue weighted by Crippen LogP contribution is 2.32. The van der Waals surface area contributed by atoms with Gasteiger partial charge in [-0.25, -0.2) is 0 Å². The molecule has 0 radical (unpaired) electrons. The van der Waals surface area contributed by atoms with Crippen molar-refractivity contribution in [3.8, 4) is 0 Å². The Hall–Kier alpha value is -5.07. The first-order valence-corrected chi connectivity index (χ1v) is 32.6. The van der Waals surface area contributed by atoms with Gasteiger partial charge < -0.3 is 85.4 Å². The van der Waals surface area contributed by atoms with Crippen LogP contribution in [0.3, 0.4) is 0 Å². The Labute approximate surface area is 535 Å². The van der Waals surface area contributed by atoms with E-state index < -0.39 is 79.0 Å². The number of unbranched alkanes of at least 4 members (excludes halogenated alkanes) is 5. The minimum Gasteiger partial charge on any atom is -0.396 e. The van der Waals surface area contributed by atoms with Crippen LogP contribution in [0.2, 0.25) is 0 Å². The van der Waals surface area contributed by atoms with Crippen LogP contribution in [0, 0.1) is 11.8 Å². The van der Waals surface area contributed by atoms with Gasteiger partial charge >= 0.3 is 0 Å². The number of methoxy groups -OCH3 is 1. The van der Waals surface area contributed by atoms with E-state index in [1.54, 1.807) is 14.0 Å². The number of carbonyl (C=O) groups excluding carboxylic acids is 9. The third-order valence-corrected chi connectivity index (χ3v) is 16.2. The van der Waals surface area contributed by atoms with Crippen LogP contribution in [0.25, 0.3) is 0 Å². The lowest BCUT2D eigenvalue weighted by molar-refractivity contribution is -0.272. The molecule has 11 N–H and O–H groups in total. The van der Waals surface area contributed by atoms with E-state index in [9.17, 15) is 78.9 Å². The molecule has 2 aliphatic rings. The maximum absolute atomic E-state index is 13.6. The number of ether oxygens (including phenoxy) is 6. The monoisotopic (exact) mass is 1290 g/mol. The number of benzene rings is 1. The largest absolute Gasteiger partial charge is 0.396 e. The van der Waals surface area contributed by atoms with Crippen LogP contribution in [-0.4, -0.2) is 216 Å². The van der Waals surface area contributed by atoms with Crippen LogP contribution in [0.4, 0.5) is 0 Å². The Kier molecular flexibility index (Phi) is 41.3. The lowest BCUT2D eigenvalue weighted by Crippen LogP contribution is -2.64. The zero-order chi connectivity index (χ0) is 66.9. The summed E-state index contributed by atoms with van der Waals surface area (Å²) >= 11 is 0. The summed E-state index contributed by atoms with van der Waals surface area (Å²) < 4.78 is 33.3. The zero-order valence-corrected chi connectivity index (χ0v) is 53.8. The fraction of sp³-hybridized carbons (Fsp3) is 0.769. The van der Waals surface area contributed by atoms with Crippen molar-refractivity contribution >= 4 is 52.5 Å². The fourth-order valence-electron chi connectivity index (χ4n) is 10.9. The number of nitrogens with one attached hydrogen (secondary N) is 4. The van der Waals surface area contributed by atoms with Crippen LogP contribution < -0.4 is 21.3 Å². The molecular formula is C65H106N4O22. The summed E-state index contributed by atoms with van der Waals surface area (Å²) in [5, 5.41) is 80.2. The van der Waals surface area contributed by atoms with E-state index in [1.165, 1.54) is 6.92 Å². The minimum atomic E-state index is -1.44. The first kappa shape index (κ1) is 80.2. The molecular weight excluding hydrogens is 1190 g/mol. The van der Waals surface area contributed by atoms with Crippen molar-refractivity contribution in [1.29, 1.82) is 0 Å². The van der Waals surface area contributed by atoms with E-state index in [4.69, 9.17) is 28.4 Å². The first-order chi connectivity index (χ1) is 43.7. The molecule has 11 atom stereocenters. The summed E-state index contributed by atoms with van der Waals surface area (Å²) in [7, 11) is 1.59. The van der Waals surface area contributed by atoms with Gasteiger partial charge in [-0.3, -0.25) is 43.2 Å². The van der Waals surface area contributed by atoms with Crippen LogP contribution in [-0.2, 0) is 91.2 Å². The van der Waals surface area contributed by atoms with E-state index in [0.717, 1.165) is 48.8 Å². The highest BCUT2D eigenvalue weighted by atomic mass is 16.7. The molecule has 1 aromatic carbocycles. The lowest BCUT2D eigenvalue weighted by Gasteiger charge is -2.42. The summed E-state index contributed by atoms with van der Waals surface area (Å²) in [5.41, 5.74) is 2.46. The van der Waals surface area contributed by atoms with E-state index in [0.29, 0.717) is 64.6 Å². The van der Waals surface area contributed by atoms with E-state index in [-0.39, 0.29) is 177 Å². The maximum Gasteiger partial charge on any atom is 0.220 e. The third kappa shape index (κ3) is 33.6. The normalized spacial score (nSPS) is 21.8. The first-order valence-electron chi connectivity index (χ1n) is 32.6. The molecule has 1 heterocycles. The molecule has 1 aromatic rings. The van der Waals surface area contributed by atoms with E-state index in [1.807, 2.05) is 18.2 Å². The molecule has 1 aliphatic carbocycles.